The Morgan fingerprint density at radius 2 is 1.80 bits per heavy atom. The van der Waals surface area contributed by atoms with Crippen LogP contribution in [-0.2, 0) is 20.7 Å². The minimum absolute atomic E-state index is 0.164. The summed E-state index contributed by atoms with van der Waals surface area (Å²) >= 11 is 0. The lowest BCUT2D eigenvalue weighted by Crippen LogP contribution is -2.38. The van der Waals surface area contributed by atoms with Crippen molar-refractivity contribution >= 4 is 17.6 Å². The molecule has 1 atom stereocenters. The number of ether oxygens (including phenoxy) is 1. The molecule has 1 aliphatic rings. The number of rotatable bonds is 5. The van der Waals surface area contributed by atoms with Crippen LogP contribution >= 0.6 is 0 Å². The van der Waals surface area contributed by atoms with Gasteiger partial charge >= 0.3 is 5.97 Å². The number of hydrogen-bond donors (Lipinski definition) is 0. The first kappa shape index (κ1) is 17.2. The van der Waals surface area contributed by atoms with Crippen molar-refractivity contribution in [2.75, 3.05) is 18.1 Å². The quantitative estimate of drug-likeness (QED) is 0.782. The van der Waals surface area contributed by atoms with E-state index in [1.807, 2.05) is 61.5 Å². The number of aryl methyl sites for hydroxylation is 1. The maximum Gasteiger partial charge on any atom is 0.313 e. The number of para-hydroxylation sites is 1. The first-order chi connectivity index (χ1) is 12.2. The molecule has 1 aliphatic heterocycles. The van der Waals surface area contributed by atoms with Crippen molar-refractivity contribution in [3.05, 3.63) is 65.7 Å². The summed E-state index contributed by atoms with van der Waals surface area (Å²) in [7, 11) is 0. The van der Waals surface area contributed by atoms with Gasteiger partial charge in [-0.1, -0.05) is 55.5 Å². The van der Waals surface area contributed by atoms with Crippen molar-refractivity contribution in [1.29, 1.82) is 0 Å². The molecule has 4 nitrogen and oxygen atoms in total. The zero-order chi connectivity index (χ0) is 17.6. The van der Waals surface area contributed by atoms with Crippen LogP contribution in [0.5, 0.6) is 0 Å². The molecule has 130 valence electrons. The molecule has 1 unspecified atom stereocenters. The van der Waals surface area contributed by atoms with E-state index in [1.54, 1.807) is 4.90 Å². The van der Waals surface area contributed by atoms with Crippen molar-refractivity contribution in [1.82, 2.24) is 0 Å². The molecule has 1 heterocycles. The summed E-state index contributed by atoms with van der Waals surface area (Å²) in [4.78, 5) is 26.7. The third kappa shape index (κ3) is 3.90. The molecule has 0 saturated heterocycles. The number of amides is 1. The molecule has 0 aromatic heterocycles. The van der Waals surface area contributed by atoms with E-state index in [-0.39, 0.29) is 24.4 Å². The van der Waals surface area contributed by atoms with Gasteiger partial charge in [-0.2, -0.15) is 0 Å². The molecule has 3 rings (SSSR count). The van der Waals surface area contributed by atoms with Crippen LogP contribution < -0.4 is 4.90 Å². The second-order valence-electron chi connectivity index (χ2n) is 6.26. The van der Waals surface area contributed by atoms with Gasteiger partial charge < -0.3 is 9.64 Å². The maximum atomic E-state index is 12.6. The molecule has 2 aromatic carbocycles. The molecule has 2 aromatic rings. The summed E-state index contributed by atoms with van der Waals surface area (Å²) in [6, 6.07) is 17.5. The summed E-state index contributed by atoms with van der Waals surface area (Å²) in [5, 5.41) is 0. The Kier molecular flexibility index (Phi) is 5.49. The van der Waals surface area contributed by atoms with Crippen LogP contribution in [0.3, 0.4) is 0 Å². The second-order valence-corrected chi connectivity index (χ2v) is 6.26. The van der Waals surface area contributed by atoms with Crippen LogP contribution in [0.4, 0.5) is 5.69 Å². The maximum absolute atomic E-state index is 12.6. The minimum atomic E-state index is -0.340. The Morgan fingerprint density at radius 1 is 1.08 bits per heavy atom. The molecule has 4 heteroatoms. The van der Waals surface area contributed by atoms with E-state index in [9.17, 15) is 9.59 Å². The molecular weight excluding hydrogens is 314 g/mol. The van der Waals surface area contributed by atoms with E-state index >= 15 is 0 Å². The number of nitrogens with zero attached hydrogens (tertiary/aromatic N) is 1. The molecule has 0 fully saturated rings. The number of carbonyl (C=O) groups is 2. The van der Waals surface area contributed by atoms with Crippen molar-refractivity contribution in [2.24, 2.45) is 0 Å². The Labute approximate surface area is 148 Å². The number of benzene rings is 2. The average Bonchev–Trinajstić information content (AvgIpc) is 2.67. The van der Waals surface area contributed by atoms with Gasteiger partial charge in [0.1, 0.15) is 0 Å². The van der Waals surface area contributed by atoms with Crippen LogP contribution in [0.15, 0.2) is 54.6 Å². The summed E-state index contributed by atoms with van der Waals surface area (Å²) in [6.07, 6.45) is 2.55. The van der Waals surface area contributed by atoms with E-state index in [2.05, 4.69) is 0 Å². The molecular formula is C21H23NO3. The van der Waals surface area contributed by atoms with Gasteiger partial charge in [0.2, 0.25) is 0 Å². The topological polar surface area (TPSA) is 46.6 Å². The Morgan fingerprint density at radius 3 is 2.56 bits per heavy atom. The van der Waals surface area contributed by atoms with E-state index in [0.29, 0.717) is 13.0 Å². The predicted octanol–water partition coefficient (Wildman–Crippen LogP) is 3.70. The van der Waals surface area contributed by atoms with Gasteiger partial charge in [-0.3, -0.25) is 9.59 Å². The molecule has 0 N–H and O–H groups in total. The van der Waals surface area contributed by atoms with Crippen LogP contribution in [0.2, 0.25) is 0 Å². The summed E-state index contributed by atoms with van der Waals surface area (Å²) < 4.78 is 5.35. The Bertz CT molecular complexity index is 742. The smallest absolute Gasteiger partial charge is 0.313 e. The molecule has 0 spiro atoms. The van der Waals surface area contributed by atoms with Crippen LogP contribution in [0.25, 0.3) is 0 Å². The van der Waals surface area contributed by atoms with E-state index in [1.165, 1.54) is 5.56 Å². The van der Waals surface area contributed by atoms with Gasteiger partial charge in [0.25, 0.3) is 5.91 Å². The van der Waals surface area contributed by atoms with Crippen LogP contribution in [0.1, 0.15) is 36.8 Å². The fraction of sp³-hybridized carbons (Fsp3) is 0.333. The highest BCUT2D eigenvalue weighted by atomic mass is 16.5. The summed E-state index contributed by atoms with van der Waals surface area (Å²) in [6.45, 7) is 2.40. The van der Waals surface area contributed by atoms with E-state index in [0.717, 1.165) is 24.1 Å². The first-order valence-corrected chi connectivity index (χ1v) is 8.80. The second kappa shape index (κ2) is 7.97. The summed E-state index contributed by atoms with van der Waals surface area (Å²) in [5.74, 6) is -0.835. The average molecular weight is 337 g/mol. The Hall–Kier alpha value is -2.62. The lowest BCUT2D eigenvalue weighted by atomic mass is 9.97. The molecule has 0 bridgehead atoms. The monoisotopic (exact) mass is 337 g/mol. The van der Waals surface area contributed by atoms with Gasteiger partial charge in [-0.25, -0.2) is 0 Å². The molecule has 1 amide bonds. The molecule has 0 saturated carbocycles. The normalized spacial score (nSPS) is 14.5. The number of carbonyl (C=O) groups excluding carboxylic acids is 2. The highest BCUT2D eigenvalue weighted by molar-refractivity contribution is 5.96. The first-order valence-electron chi connectivity index (χ1n) is 8.80. The van der Waals surface area contributed by atoms with Crippen molar-refractivity contribution in [3.8, 4) is 0 Å². The SMILES string of the molecule is CCC(C(=O)OCC(=O)N1CCCc2ccccc21)c1ccccc1. The van der Waals surface area contributed by atoms with E-state index < -0.39 is 0 Å². The third-order valence-electron chi connectivity index (χ3n) is 4.64. The lowest BCUT2D eigenvalue weighted by molar-refractivity contribution is -0.149. The number of hydrogen-bond acceptors (Lipinski definition) is 3. The van der Waals surface area contributed by atoms with Gasteiger partial charge in [0.05, 0.1) is 5.92 Å². The number of esters is 1. The molecule has 0 radical (unpaired) electrons. The zero-order valence-electron chi connectivity index (χ0n) is 14.5. The fourth-order valence-electron chi connectivity index (χ4n) is 3.33. The number of anilines is 1. The molecule has 0 aliphatic carbocycles. The predicted molar refractivity (Wildman–Crippen MR) is 97.5 cm³/mol. The zero-order valence-corrected chi connectivity index (χ0v) is 14.5. The lowest BCUT2D eigenvalue weighted by Gasteiger charge is -2.29. The van der Waals surface area contributed by atoms with E-state index in [4.69, 9.17) is 4.74 Å². The Balaban J connectivity index is 1.64. The molecule has 25 heavy (non-hydrogen) atoms. The van der Waals surface area contributed by atoms with Crippen molar-refractivity contribution < 1.29 is 14.3 Å². The number of fused-ring (bicyclic) bond motifs is 1. The largest absolute Gasteiger partial charge is 0.455 e. The van der Waals surface area contributed by atoms with Crippen molar-refractivity contribution in [3.63, 3.8) is 0 Å². The summed E-state index contributed by atoms with van der Waals surface area (Å²) in [5.41, 5.74) is 3.03. The van der Waals surface area contributed by atoms with Gasteiger partial charge in [-0.15, -0.1) is 0 Å². The van der Waals surface area contributed by atoms with Crippen molar-refractivity contribution in [2.45, 2.75) is 32.1 Å². The van der Waals surface area contributed by atoms with Gasteiger partial charge in [0, 0.05) is 12.2 Å². The minimum Gasteiger partial charge on any atom is -0.455 e. The van der Waals surface area contributed by atoms with Gasteiger partial charge in [-0.05, 0) is 36.5 Å². The van der Waals surface area contributed by atoms with Crippen LogP contribution in [-0.4, -0.2) is 25.0 Å². The highest BCUT2D eigenvalue weighted by Crippen LogP contribution is 2.27. The van der Waals surface area contributed by atoms with Crippen LogP contribution in [0, 0.1) is 0 Å². The fourth-order valence-corrected chi connectivity index (χ4v) is 3.33. The third-order valence-corrected chi connectivity index (χ3v) is 4.64. The highest BCUT2D eigenvalue weighted by Gasteiger charge is 2.25. The van der Waals surface area contributed by atoms with Gasteiger partial charge in [0.15, 0.2) is 6.61 Å². The standard InChI is InChI=1S/C21H23NO3/c1-2-18(16-9-4-3-5-10-16)21(24)25-15-20(23)22-14-8-12-17-11-6-7-13-19(17)22/h3-7,9-11,13,18H,2,8,12,14-15H2,1H3.